The second-order valence-corrected chi connectivity index (χ2v) is 6.13. The van der Waals surface area contributed by atoms with Gasteiger partial charge < -0.3 is 19.5 Å². The highest BCUT2D eigenvalue weighted by molar-refractivity contribution is 5.25. The molecule has 24 heavy (non-hydrogen) atoms. The van der Waals surface area contributed by atoms with Gasteiger partial charge >= 0.3 is 6.18 Å². The van der Waals surface area contributed by atoms with Crippen LogP contribution in [0, 0.1) is 0 Å². The zero-order valence-electron chi connectivity index (χ0n) is 13.3. The van der Waals surface area contributed by atoms with Crippen molar-refractivity contribution in [1.29, 1.82) is 0 Å². The van der Waals surface area contributed by atoms with E-state index in [4.69, 9.17) is 14.2 Å². The molecule has 3 rings (SSSR count). The van der Waals surface area contributed by atoms with Crippen LogP contribution < -0.4 is 10.1 Å². The number of alkyl halides is 3. The van der Waals surface area contributed by atoms with E-state index in [1.807, 2.05) is 0 Å². The van der Waals surface area contributed by atoms with E-state index in [1.165, 1.54) is 6.20 Å². The smallest absolute Gasteiger partial charge is 0.422 e. The fraction of sp³-hybridized carbons (Fsp3) is 0.688. The van der Waals surface area contributed by atoms with Crippen LogP contribution in [0.5, 0.6) is 5.88 Å². The lowest BCUT2D eigenvalue weighted by molar-refractivity contribution is -0.179. The molecule has 0 radical (unpaired) electrons. The molecule has 1 spiro atoms. The van der Waals surface area contributed by atoms with Crippen LogP contribution in [0.2, 0.25) is 0 Å². The molecule has 1 saturated heterocycles. The van der Waals surface area contributed by atoms with E-state index in [-0.39, 0.29) is 11.9 Å². The number of pyridine rings is 1. The second-order valence-electron chi connectivity index (χ2n) is 6.13. The molecule has 0 amide bonds. The van der Waals surface area contributed by atoms with Gasteiger partial charge in [-0.3, -0.25) is 0 Å². The maximum Gasteiger partial charge on any atom is 0.422 e. The summed E-state index contributed by atoms with van der Waals surface area (Å²) in [5.41, 5.74) is 0.621. The molecule has 0 aromatic carbocycles. The highest BCUT2D eigenvalue weighted by Gasteiger charge is 2.40. The van der Waals surface area contributed by atoms with Crippen LogP contribution in [-0.4, -0.2) is 42.8 Å². The summed E-state index contributed by atoms with van der Waals surface area (Å²) in [5, 5.41) is 3.37. The quantitative estimate of drug-likeness (QED) is 0.889. The van der Waals surface area contributed by atoms with Gasteiger partial charge in [0.25, 0.3) is 0 Å². The molecule has 2 aliphatic rings. The van der Waals surface area contributed by atoms with E-state index >= 15 is 0 Å². The molecule has 134 valence electrons. The van der Waals surface area contributed by atoms with Crippen molar-refractivity contribution >= 4 is 0 Å². The van der Waals surface area contributed by atoms with E-state index in [9.17, 15) is 13.2 Å². The third-order valence-electron chi connectivity index (χ3n) is 4.36. The molecule has 2 fully saturated rings. The number of ether oxygens (including phenoxy) is 3. The summed E-state index contributed by atoms with van der Waals surface area (Å²) >= 11 is 0. The van der Waals surface area contributed by atoms with Crippen molar-refractivity contribution in [2.45, 2.75) is 50.2 Å². The number of hydrogen-bond donors (Lipinski definition) is 1. The molecule has 1 aliphatic carbocycles. The number of aromatic nitrogens is 1. The summed E-state index contributed by atoms with van der Waals surface area (Å²) in [6.45, 7) is 0.374. The minimum atomic E-state index is -4.37. The zero-order valence-corrected chi connectivity index (χ0v) is 13.3. The Hall–Kier alpha value is -1.38. The Bertz CT molecular complexity index is 538. The first-order valence-corrected chi connectivity index (χ1v) is 8.11. The van der Waals surface area contributed by atoms with E-state index in [0.717, 1.165) is 25.7 Å². The minimum Gasteiger partial charge on any atom is -0.468 e. The van der Waals surface area contributed by atoms with Gasteiger partial charge in [0.2, 0.25) is 5.88 Å². The lowest BCUT2D eigenvalue weighted by atomic mass is 9.90. The Morgan fingerprint density at radius 2 is 1.96 bits per heavy atom. The summed E-state index contributed by atoms with van der Waals surface area (Å²) in [7, 11) is 0. The van der Waals surface area contributed by atoms with Gasteiger partial charge in [-0.1, -0.05) is 6.07 Å². The second kappa shape index (κ2) is 7.25. The maximum absolute atomic E-state index is 12.3. The molecule has 0 bridgehead atoms. The Labute approximate surface area is 138 Å². The van der Waals surface area contributed by atoms with Crippen LogP contribution in [0.1, 0.15) is 31.2 Å². The van der Waals surface area contributed by atoms with Gasteiger partial charge in [0.05, 0.1) is 13.2 Å². The normalized spacial score (nSPS) is 21.3. The molecule has 1 N–H and O–H groups in total. The molecule has 1 aromatic heterocycles. The van der Waals surface area contributed by atoms with Gasteiger partial charge in [0.15, 0.2) is 12.4 Å². The molecule has 8 heteroatoms. The van der Waals surface area contributed by atoms with Crippen molar-refractivity contribution in [2.75, 3.05) is 19.8 Å². The average Bonchev–Trinajstić information content (AvgIpc) is 3.01. The summed E-state index contributed by atoms with van der Waals surface area (Å²) in [5.74, 6) is -0.384. The fourth-order valence-electron chi connectivity index (χ4n) is 3.14. The summed E-state index contributed by atoms with van der Waals surface area (Å²) in [6.07, 6.45) is 0.512. The SMILES string of the molecule is FC(F)(F)COc1ncccc1CNC1CCC2(CC1)OCCO2. The third kappa shape index (κ3) is 4.58. The molecule has 1 aliphatic heterocycles. The highest BCUT2D eigenvalue weighted by Crippen LogP contribution is 2.35. The predicted octanol–water partition coefficient (Wildman–Crippen LogP) is 2.80. The topological polar surface area (TPSA) is 52.6 Å². The molecular weight excluding hydrogens is 325 g/mol. The molecule has 2 heterocycles. The van der Waals surface area contributed by atoms with Gasteiger partial charge in [0, 0.05) is 37.2 Å². The van der Waals surface area contributed by atoms with Crippen LogP contribution in [0.15, 0.2) is 18.3 Å². The first kappa shape index (κ1) is 17.4. The van der Waals surface area contributed by atoms with E-state index in [2.05, 4.69) is 10.3 Å². The Kier molecular flexibility index (Phi) is 5.27. The number of hydrogen-bond acceptors (Lipinski definition) is 5. The summed E-state index contributed by atoms with van der Waals surface area (Å²) in [4.78, 5) is 3.90. The number of rotatable bonds is 5. The Morgan fingerprint density at radius 1 is 1.25 bits per heavy atom. The summed E-state index contributed by atoms with van der Waals surface area (Å²) in [6, 6.07) is 3.69. The van der Waals surface area contributed by atoms with Crippen molar-refractivity contribution in [3.05, 3.63) is 23.9 Å². The lowest BCUT2D eigenvalue weighted by Crippen LogP contribution is -2.41. The maximum atomic E-state index is 12.3. The Morgan fingerprint density at radius 3 is 2.62 bits per heavy atom. The van der Waals surface area contributed by atoms with E-state index < -0.39 is 18.6 Å². The molecule has 1 aromatic rings. The first-order chi connectivity index (χ1) is 11.5. The molecule has 5 nitrogen and oxygen atoms in total. The third-order valence-corrected chi connectivity index (χ3v) is 4.36. The van der Waals surface area contributed by atoms with Crippen LogP contribution >= 0.6 is 0 Å². The van der Waals surface area contributed by atoms with Crippen LogP contribution in [0.25, 0.3) is 0 Å². The molecular formula is C16H21F3N2O3. The number of halogens is 3. The molecule has 0 atom stereocenters. The van der Waals surface area contributed by atoms with Crippen molar-refractivity contribution < 1.29 is 27.4 Å². The van der Waals surface area contributed by atoms with Gasteiger partial charge in [-0.2, -0.15) is 13.2 Å². The first-order valence-electron chi connectivity index (χ1n) is 8.11. The van der Waals surface area contributed by atoms with Crippen molar-refractivity contribution in [1.82, 2.24) is 10.3 Å². The van der Waals surface area contributed by atoms with Crippen LogP contribution in [0.4, 0.5) is 13.2 Å². The van der Waals surface area contributed by atoms with Crippen molar-refractivity contribution in [3.63, 3.8) is 0 Å². The minimum absolute atomic E-state index is 0.0251. The van der Waals surface area contributed by atoms with Crippen LogP contribution in [-0.2, 0) is 16.0 Å². The van der Waals surface area contributed by atoms with Gasteiger partial charge in [0.1, 0.15) is 0 Å². The van der Waals surface area contributed by atoms with Crippen molar-refractivity contribution in [3.8, 4) is 5.88 Å². The molecule has 1 saturated carbocycles. The van der Waals surface area contributed by atoms with Gasteiger partial charge in [-0.15, -0.1) is 0 Å². The van der Waals surface area contributed by atoms with Crippen molar-refractivity contribution in [2.24, 2.45) is 0 Å². The van der Waals surface area contributed by atoms with Gasteiger partial charge in [-0.05, 0) is 18.9 Å². The van der Waals surface area contributed by atoms with E-state index in [0.29, 0.717) is 25.3 Å². The number of nitrogens with zero attached hydrogens (tertiary/aromatic N) is 1. The average molecular weight is 346 g/mol. The summed E-state index contributed by atoms with van der Waals surface area (Å²) < 4.78 is 53.1. The van der Waals surface area contributed by atoms with Crippen LogP contribution in [0.3, 0.4) is 0 Å². The standard InChI is InChI=1S/C16H21F3N2O3/c17-16(18,19)11-22-14-12(2-1-7-20-14)10-21-13-3-5-15(6-4-13)23-8-9-24-15/h1-2,7,13,21H,3-6,8-11H2. The zero-order chi connectivity index (χ0) is 17.0. The largest absolute Gasteiger partial charge is 0.468 e. The molecule has 0 unspecified atom stereocenters. The predicted molar refractivity (Wildman–Crippen MR) is 79.5 cm³/mol. The lowest BCUT2D eigenvalue weighted by Gasteiger charge is -2.35. The van der Waals surface area contributed by atoms with E-state index in [1.54, 1.807) is 12.1 Å². The monoisotopic (exact) mass is 346 g/mol. The fourth-order valence-corrected chi connectivity index (χ4v) is 3.14. The highest BCUT2D eigenvalue weighted by atomic mass is 19.4. The van der Waals surface area contributed by atoms with Gasteiger partial charge in [-0.25, -0.2) is 4.98 Å². The Balaban J connectivity index is 1.50. The number of nitrogens with one attached hydrogen (secondary N) is 1.